The lowest BCUT2D eigenvalue weighted by Gasteiger charge is -2.34. The smallest absolute Gasteiger partial charge is 0.336 e. The van der Waals surface area contributed by atoms with E-state index in [-0.39, 0.29) is 31.4 Å². The molecule has 1 aliphatic rings. The van der Waals surface area contributed by atoms with Gasteiger partial charge in [-0.3, -0.25) is 9.59 Å². The highest BCUT2D eigenvalue weighted by molar-refractivity contribution is 5.96. The van der Waals surface area contributed by atoms with Crippen molar-refractivity contribution in [1.29, 1.82) is 0 Å². The SMILES string of the molecule is CCCNC(=O)c1ccc(CN2C(=O)CC(c3cccc(F)c3)C(C(=O)OCC)=C2C)cc1. The molecule has 2 aromatic carbocycles. The fraction of sp³-hybridized carbons (Fsp3) is 0.346. The van der Waals surface area contributed by atoms with E-state index in [0.717, 1.165) is 12.0 Å². The molecule has 0 saturated heterocycles. The van der Waals surface area contributed by atoms with E-state index in [0.29, 0.717) is 28.9 Å². The van der Waals surface area contributed by atoms with Gasteiger partial charge in [0, 0.05) is 30.1 Å². The maximum Gasteiger partial charge on any atom is 0.336 e. The van der Waals surface area contributed by atoms with Crippen molar-refractivity contribution >= 4 is 17.8 Å². The van der Waals surface area contributed by atoms with Gasteiger partial charge in [0.25, 0.3) is 5.91 Å². The fourth-order valence-electron chi connectivity index (χ4n) is 3.97. The van der Waals surface area contributed by atoms with Crippen molar-refractivity contribution in [3.05, 3.63) is 82.3 Å². The Morgan fingerprint density at radius 2 is 1.88 bits per heavy atom. The Balaban J connectivity index is 1.90. The maximum absolute atomic E-state index is 13.9. The Morgan fingerprint density at radius 1 is 1.15 bits per heavy atom. The molecule has 0 radical (unpaired) electrons. The van der Waals surface area contributed by atoms with Crippen LogP contribution >= 0.6 is 0 Å². The first-order valence-corrected chi connectivity index (χ1v) is 11.2. The van der Waals surface area contributed by atoms with Crippen LogP contribution in [0.25, 0.3) is 0 Å². The molecule has 174 valence electrons. The van der Waals surface area contributed by atoms with Crippen molar-refractivity contribution in [3.8, 4) is 0 Å². The molecule has 33 heavy (non-hydrogen) atoms. The minimum Gasteiger partial charge on any atom is -0.463 e. The third-order valence-corrected chi connectivity index (χ3v) is 5.66. The van der Waals surface area contributed by atoms with Crippen LogP contribution in [0, 0.1) is 5.82 Å². The van der Waals surface area contributed by atoms with Crippen LogP contribution < -0.4 is 5.32 Å². The van der Waals surface area contributed by atoms with Crippen LogP contribution in [-0.2, 0) is 20.9 Å². The highest BCUT2D eigenvalue weighted by atomic mass is 19.1. The van der Waals surface area contributed by atoms with E-state index in [1.165, 1.54) is 12.1 Å². The quantitative estimate of drug-likeness (QED) is 0.606. The minimum atomic E-state index is -0.576. The van der Waals surface area contributed by atoms with E-state index in [1.807, 2.05) is 6.92 Å². The first-order valence-electron chi connectivity index (χ1n) is 11.2. The van der Waals surface area contributed by atoms with Crippen molar-refractivity contribution in [2.75, 3.05) is 13.2 Å². The average molecular weight is 453 g/mol. The molecule has 7 heteroatoms. The molecule has 1 unspecified atom stereocenters. The largest absolute Gasteiger partial charge is 0.463 e. The summed E-state index contributed by atoms with van der Waals surface area (Å²) < 4.78 is 19.1. The highest BCUT2D eigenvalue weighted by Gasteiger charge is 2.37. The topological polar surface area (TPSA) is 75.7 Å². The van der Waals surface area contributed by atoms with Gasteiger partial charge in [0.15, 0.2) is 0 Å². The maximum atomic E-state index is 13.9. The zero-order chi connectivity index (χ0) is 24.0. The summed E-state index contributed by atoms with van der Waals surface area (Å²) in [4.78, 5) is 39.6. The third kappa shape index (κ3) is 5.66. The molecule has 0 aliphatic carbocycles. The second-order valence-electron chi connectivity index (χ2n) is 7.96. The van der Waals surface area contributed by atoms with Gasteiger partial charge < -0.3 is 15.0 Å². The summed E-state index contributed by atoms with van der Waals surface area (Å²) in [5.41, 5.74) is 2.78. The van der Waals surface area contributed by atoms with Crippen LogP contribution in [0.4, 0.5) is 4.39 Å². The molecule has 3 rings (SSSR count). The molecule has 2 amide bonds. The standard InChI is InChI=1S/C26H29FN2O4/c1-4-13-28-25(31)19-11-9-18(10-12-19)16-29-17(3)24(26(32)33-5-2)22(15-23(29)30)20-7-6-8-21(27)14-20/h6-12,14,22H,4-5,13,15-16H2,1-3H3,(H,28,31). The zero-order valence-corrected chi connectivity index (χ0v) is 19.2. The van der Waals surface area contributed by atoms with Crippen LogP contribution in [-0.4, -0.2) is 35.8 Å². The van der Waals surface area contributed by atoms with Gasteiger partial charge in [-0.1, -0.05) is 31.2 Å². The lowest BCUT2D eigenvalue weighted by molar-refractivity contribution is -0.140. The summed E-state index contributed by atoms with van der Waals surface area (Å²) in [5, 5.41) is 2.83. The lowest BCUT2D eigenvalue weighted by Crippen LogP contribution is -2.38. The molecular weight excluding hydrogens is 423 g/mol. The van der Waals surface area contributed by atoms with Gasteiger partial charge in [-0.15, -0.1) is 0 Å². The number of nitrogens with one attached hydrogen (secondary N) is 1. The number of hydrogen-bond acceptors (Lipinski definition) is 4. The molecule has 1 N–H and O–H groups in total. The lowest BCUT2D eigenvalue weighted by atomic mass is 9.83. The number of hydrogen-bond donors (Lipinski definition) is 1. The second-order valence-corrected chi connectivity index (χ2v) is 7.96. The van der Waals surface area contributed by atoms with Crippen LogP contribution in [0.3, 0.4) is 0 Å². The van der Waals surface area contributed by atoms with Gasteiger partial charge in [-0.2, -0.15) is 0 Å². The number of amides is 2. The normalized spacial score (nSPS) is 16.1. The molecule has 1 atom stereocenters. The van der Waals surface area contributed by atoms with Crippen LogP contribution in [0.5, 0.6) is 0 Å². The average Bonchev–Trinajstić information content (AvgIpc) is 2.80. The number of rotatable bonds is 8. The second kappa shape index (κ2) is 10.9. The monoisotopic (exact) mass is 452 g/mol. The predicted octanol–water partition coefficient (Wildman–Crippen LogP) is 4.32. The van der Waals surface area contributed by atoms with Gasteiger partial charge in [0.2, 0.25) is 5.91 Å². The molecule has 2 aromatic rings. The van der Waals surface area contributed by atoms with E-state index in [9.17, 15) is 18.8 Å². The molecular formula is C26H29FN2O4. The number of nitrogens with zero attached hydrogens (tertiary/aromatic N) is 1. The number of carbonyl (C=O) groups excluding carboxylic acids is 3. The van der Waals surface area contributed by atoms with Crippen molar-refractivity contribution in [3.63, 3.8) is 0 Å². The van der Waals surface area contributed by atoms with E-state index in [1.54, 1.807) is 55.1 Å². The predicted molar refractivity (Wildman–Crippen MR) is 123 cm³/mol. The summed E-state index contributed by atoms with van der Waals surface area (Å²) in [6, 6.07) is 13.0. The first-order chi connectivity index (χ1) is 15.8. The Kier molecular flexibility index (Phi) is 7.98. The summed E-state index contributed by atoms with van der Waals surface area (Å²) in [6.07, 6.45) is 0.887. The molecule has 0 aromatic heterocycles. The fourth-order valence-corrected chi connectivity index (χ4v) is 3.97. The highest BCUT2D eigenvalue weighted by Crippen LogP contribution is 2.37. The number of halogens is 1. The van der Waals surface area contributed by atoms with Gasteiger partial charge in [0.05, 0.1) is 18.7 Å². The van der Waals surface area contributed by atoms with Gasteiger partial charge in [0.1, 0.15) is 5.82 Å². The Hall–Kier alpha value is -3.48. The molecule has 0 spiro atoms. The number of carbonyl (C=O) groups is 3. The summed E-state index contributed by atoms with van der Waals surface area (Å²) >= 11 is 0. The molecule has 0 bridgehead atoms. The Bertz CT molecular complexity index is 1060. The van der Waals surface area contributed by atoms with E-state index in [2.05, 4.69) is 5.32 Å². The van der Waals surface area contributed by atoms with E-state index >= 15 is 0 Å². The van der Waals surface area contributed by atoms with Crippen molar-refractivity contribution in [2.45, 2.75) is 46.1 Å². The Labute approximate surface area is 193 Å². The van der Waals surface area contributed by atoms with Gasteiger partial charge in [-0.05, 0) is 55.7 Å². The molecule has 6 nitrogen and oxygen atoms in total. The number of ether oxygens (including phenoxy) is 1. The van der Waals surface area contributed by atoms with Crippen molar-refractivity contribution < 1.29 is 23.5 Å². The first kappa shape index (κ1) is 24.2. The van der Waals surface area contributed by atoms with Crippen LogP contribution in [0.2, 0.25) is 0 Å². The molecule has 1 heterocycles. The molecule has 0 saturated carbocycles. The van der Waals surface area contributed by atoms with Crippen molar-refractivity contribution in [1.82, 2.24) is 10.2 Å². The van der Waals surface area contributed by atoms with Crippen LogP contribution in [0.15, 0.2) is 59.8 Å². The molecule has 1 aliphatic heterocycles. The third-order valence-electron chi connectivity index (χ3n) is 5.66. The van der Waals surface area contributed by atoms with Gasteiger partial charge in [-0.25, -0.2) is 9.18 Å². The van der Waals surface area contributed by atoms with Crippen LogP contribution in [0.1, 0.15) is 61.0 Å². The number of esters is 1. The van der Waals surface area contributed by atoms with E-state index in [4.69, 9.17) is 4.74 Å². The summed E-state index contributed by atoms with van der Waals surface area (Å²) in [5.74, 6) is -1.82. The van der Waals surface area contributed by atoms with E-state index < -0.39 is 17.7 Å². The van der Waals surface area contributed by atoms with Gasteiger partial charge >= 0.3 is 5.97 Å². The summed E-state index contributed by atoms with van der Waals surface area (Å²) in [6.45, 7) is 6.46. The van der Waals surface area contributed by atoms with Crippen molar-refractivity contribution in [2.24, 2.45) is 0 Å². The number of benzene rings is 2. The Morgan fingerprint density at radius 3 is 2.52 bits per heavy atom. The zero-order valence-electron chi connectivity index (χ0n) is 19.2. The number of allylic oxidation sites excluding steroid dienone is 1. The summed E-state index contributed by atoms with van der Waals surface area (Å²) in [7, 11) is 0. The minimum absolute atomic E-state index is 0.0342. The molecule has 0 fully saturated rings.